The van der Waals surface area contributed by atoms with Gasteiger partial charge in [-0.3, -0.25) is 9.78 Å². The lowest BCUT2D eigenvalue weighted by Crippen LogP contribution is -2.45. The molecule has 1 aromatic carbocycles. The van der Waals surface area contributed by atoms with Crippen molar-refractivity contribution in [1.29, 1.82) is 5.26 Å². The summed E-state index contributed by atoms with van der Waals surface area (Å²) in [5, 5.41) is 13.1. The maximum atomic E-state index is 12.8. The van der Waals surface area contributed by atoms with E-state index in [0.717, 1.165) is 48.2 Å². The van der Waals surface area contributed by atoms with E-state index in [1.54, 1.807) is 24.7 Å². The van der Waals surface area contributed by atoms with Gasteiger partial charge in [-0.25, -0.2) is 9.97 Å². The van der Waals surface area contributed by atoms with Gasteiger partial charge in [0.2, 0.25) is 5.95 Å². The Labute approximate surface area is 184 Å². The van der Waals surface area contributed by atoms with Crippen LogP contribution in [0.4, 0.5) is 5.95 Å². The number of amides is 1. The molecule has 32 heavy (non-hydrogen) atoms. The normalized spacial score (nSPS) is 14.3. The number of furan rings is 1. The molecule has 1 fully saturated rings. The molecule has 8 nitrogen and oxygen atoms in total. The Bertz CT molecular complexity index is 1300. The first-order valence-corrected chi connectivity index (χ1v) is 10.4. The number of nitriles is 1. The van der Waals surface area contributed by atoms with E-state index in [1.165, 1.54) is 0 Å². The van der Waals surface area contributed by atoms with Crippen LogP contribution < -0.4 is 10.2 Å². The Morgan fingerprint density at radius 3 is 2.62 bits per heavy atom. The van der Waals surface area contributed by atoms with E-state index in [0.29, 0.717) is 17.2 Å². The van der Waals surface area contributed by atoms with Crippen LogP contribution in [0.15, 0.2) is 65.5 Å². The van der Waals surface area contributed by atoms with Gasteiger partial charge in [-0.1, -0.05) is 12.1 Å². The van der Waals surface area contributed by atoms with E-state index >= 15 is 0 Å². The molecule has 1 aliphatic heterocycles. The van der Waals surface area contributed by atoms with Gasteiger partial charge < -0.3 is 14.6 Å². The highest BCUT2D eigenvalue weighted by Gasteiger charge is 2.23. The molecule has 1 N–H and O–H groups in total. The summed E-state index contributed by atoms with van der Waals surface area (Å²) in [6.07, 6.45) is 6.54. The zero-order chi connectivity index (χ0) is 21.9. The molecule has 4 heterocycles. The fourth-order valence-corrected chi connectivity index (χ4v) is 3.96. The number of benzene rings is 1. The van der Waals surface area contributed by atoms with Crippen molar-refractivity contribution in [3.05, 3.63) is 72.4 Å². The molecule has 0 unspecified atom stereocenters. The third-order valence-electron chi connectivity index (χ3n) is 5.67. The number of nitrogens with one attached hydrogen (secondary N) is 1. The highest BCUT2D eigenvalue weighted by molar-refractivity contribution is 5.96. The van der Waals surface area contributed by atoms with Gasteiger partial charge in [-0.15, -0.1) is 0 Å². The number of rotatable bonds is 4. The van der Waals surface area contributed by atoms with Crippen LogP contribution in [0.25, 0.3) is 22.2 Å². The number of piperidine rings is 1. The van der Waals surface area contributed by atoms with Gasteiger partial charge >= 0.3 is 0 Å². The highest BCUT2D eigenvalue weighted by Crippen LogP contribution is 2.27. The van der Waals surface area contributed by atoms with Gasteiger partial charge in [0.1, 0.15) is 17.3 Å². The molecule has 0 saturated carbocycles. The van der Waals surface area contributed by atoms with E-state index in [4.69, 9.17) is 9.68 Å². The Balaban J connectivity index is 1.21. The molecule has 3 aromatic heterocycles. The summed E-state index contributed by atoms with van der Waals surface area (Å²) >= 11 is 0. The number of nitrogens with zero attached hydrogens (tertiary/aromatic N) is 5. The van der Waals surface area contributed by atoms with Crippen LogP contribution in [0.3, 0.4) is 0 Å². The Hall–Kier alpha value is -4.25. The van der Waals surface area contributed by atoms with E-state index in [2.05, 4.69) is 20.3 Å². The molecule has 5 rings (SSSR count). The van der Waals surface area contributed by atoms with Crippen molar-refractivity contribution in [3.63, 3.8) is 0 Å². The zero-order valence-corrected chi connectivity index (χ0v) is 17.2. The molecule has 0 bridgehead atoms. The fraction of sp³-hybridized carbons (Fsp3) is 0.208. The predicted octanol–water partition coefficient (Wildman–Crippen LogP) is 3.56. The molecule has 4 aromatic rings. The Morgan fingerprint density at radius 2 is 1.84 bits per heavy atom. The first kappa shape index (κ1) is 19.7. The van der Waals surface area contributed by atoms with Crippen LogP contribution in [0.2, 0.25) is 0 Å². The van der Waals surface area contributed by atoms with Crippen molar-refractivity contribution in [2.75, 3.05) is 18.0 Å². The van der Waals surface area contributed by atoms with Crippen molar-refractivity contribution in [3.8, 4) is 17.3 Å². The van der Waals surface area contributed by atoms with Gasteiger partial charge in [0.15, 0.2) is 0 Å². The Morgan fingerprint density at radius 1 is 1.06 bits per heavy atom. The molecular formula is C24H20N6O2. The number of anilines is 1. The third-order valence-corrected chi connectivity index (χ3v) is 5.67. The summed E-state index contributed by atoms with van der Waals surface area (Å²) in [5.41, 5.74) is 3.52. The molecule has 1 aliphatic rings. The number of pyridine rings is 1. The van der Waals surface area contributed by atoms with Crippen LogP contribution in [0.1, 0.15) is 28.9 Å². The molecular weight excluding hydrogens is 404 g/mol. The van der Waals surface area contributed by atoms with Gasteiger partial charge in [0, 0.05) is 48.0 Å². The van der Waals surface area contributed by atoms with E-state index < -0.39 is 0 Å². The minimum Gasteiger partial charge on any atom is -0.464 e. The summed E-state index contributed by atoms with van der Waals surface area (Å²) in [7, 11) is 0. The zero-order valence-electron chi connectivity index (χ0n) is 17.2. The van der Waals surface area contributed by atoms with Crippen LogP contribution >= 0.6 is 0 Å². The van der Waals surface area contributed by atoms with Crippen molar-refractivity contribution in [2.24, 2.45) is 0 Å². The molecule has 8 heteroatoms. The SMILES string of the molecule is N#Cc1ccnc(N2CCC(NC(=O)c3ccc(-c4nccc5occc45)cc3)CC2)n1. The largest absolute Gasteiger partial charge is 0.464 e. The average Bonchev–Trinajstić information content (AvgIpc) is 3.34. The van der Waals surface area contributed by atoms with Gasteiger partial charge in [-0.05, 0) is 43.2 Å². The number of carbonyl (C=O) groups is 1. The van der Waals surface area contributed by atoms with Gasteiger partial charge in [-0.2, -0.15) is 5.26 Å². The molecule has 0 aliphatic carbocycles. The number of hydrogen-bond acceptors (Lipinski definition) is 7. The van der Waals surface area contributed by atoms with Crippen LogP contribution in [0.5, 0.6) is 0 Å². The van der Waals surface area contributed by atoms with Crippen molar-refractivity contribution < 1.29 is 9.21 Å². The van der Waals surface area contributed by atoms with E-state index in [9.17, 15) is 4.79 Å². The van der Waals surface area contributed by atoms with Gasteiger partial charge in [0.25, 0.3) is 5.91 Å². The summed E-state index contributed by atoms with van der Waals surface area (Å²) in [6.45, 7) is 1.44. The molecule has 158 valence electrons. The molecule has 0 spiro atoms. The molecule has 1 amide bonds. The average molecular weight is 424 g/mol. The predicted molar refractivity (Wildman–Crippen MR) is 119 cm³/mol. The quantitative estimate of drug-likeness (QED) is 0.534. The smallest absolute Gasteiger partial charge is 0.251 e. The standard InChI is InChI=1S/C24H20N6O2/c25-15-19-5-10-27-24(29-19)30-12-7-18(8-13-30)28-23(31)17-3-1-16(2-4-17)22-20-9-14-32-21(20)6-11-26-22/h1-6,9-11,14,18H,7-8,12-13H2,(H,28,31). The maximum Gasteiger partial charge on any atom is 0.251 e. The number of carbonyl (C=O) groups excluding carboxylic acids is 1. The lowest BCUT2D eigenvalue weighted by atomic mass is 10.0. The Kier molecular flexibility index (Phi) is 5.22. The topological polar surface area (TPSA) is 108 Å². The van der Waals surface area contributed by atoms with Crippen molar-refractivity contribution in [1.82, 2.24) is 20.3 Å². The lowest BCUT2D eigenvalue weighted by molar-refractivity contribution is 0.0931. The second kappa shape index (κ2) is 8.47. The highest BCUT2D eigenvalue weighted by atomic mass is 16.3. The number of fused-ring (bicyclic) bond motifs is 1. The first-order valence-electron chi connectivity index (χ1n) is 10.4. The van der Waals surface area contributed by atoms with Crippen molar-refractivity contribution in [2.45, 2.75) is 18.9 Å². The van der Waals surface area contributed by atoms with E-state index in [1.807, 2.05) is 47.4 Å². The maximum absolute atomic E-state index is 12.8. The molecule has 0 atom stereocenters. The second-order valence-electron chi connectivity index (χ2n) is 7.66. The fourth-order valence-electron chi connectivity index (χ4n) is 3.96. The van der Waals surface area contributed by atoms with Gasteiger partial charge in [0.05, 0.1) is 12.0 Å². The summed E-state index contributed by atoms with van der Waals surface area (Å²) in [4.78, 5) is 27.8. The summed E-state index contributed by atoms with van der Waals surface area (Å²) in [5.74, 6) is 0.470. The van der Waals surface area contributed by atoms with E-state index in [-0.39, 0.29) is 11.9 Å². The summed E-state index contributed by atoms with van der Waals surface area (Å²) < 4.78 is 5.44. The van der Waals surface area contributed by atoms with Crippen LogP contribution in [0, 0.1) is 11.3 Å². The number of aromatic nitrogens is 3. The van der Waals surface area contributed by atoms with Crippen molar-refractivity contribution >= 4 is 22.8 Å². The summed E-state index contributed by atoms with van der Waals surface area (Å²) in [6, 6.07) is 14.9. The molecule has 1 saturated heterocycles. The first-order chi connectivity index (χ1) is 15.7. The minimum absolute atomic E-state index is 0.0823. The number of hydrogen-bond donors (Lipinski definition) is 1. The molecule has 0 radical (unpaired) electrons. The van der Waals surface area contributed by atoms with Crippen LogP contribution in [-0.4, -0.2) is 40.0 Å². The third kappa shape index (κ3) is 3.88. The minimum atomic E-state index is -0.0905. The monoisotopic (exact) mass is 424 g/mol. The second-order valence-corrected chi connectivity index (χ2v) is 7.66. The lowest BCUT2D eigenvalue weighted by Gasteiger charge is -2.32. The van der Waals surface area contributed by atoms with Crippen LogP contribution in [-0.2, 0) is 0 Å².